The first-order valence-electron chi connectivity index (χ1n) is 7.74. The molecule has 6 nitrogen and oxygen atoms in total. The summed E-state index contributed by atoms with van der Waals surface area (Å²) in [6.45, 7) is 3.10. The summed E-state index contributed by atoms with van der Waals surface area (Å²) < 4.78 is 39.4. The third-order valence-electron chi connectivity index (χ3n) is 4.51. The maximum atomic E-state index is 12.9. The van der Waals surface area contributed by atoms with Crippen molar-refractivity contribution in [2.24, 2.45) is 0 Å². The number of halogens is 3. The van der Waals surface area contributed by atoms with Crippen LogP contribution >= 0.6 is 0 Å². The van der Waals surface area contributed by atoms with Gasteiger partial charge in [-0.1, -0.05) is 0 Å². The van der Waals surface area contributed by atoms with Crippen LogP contribution < -0.4 is 5.32 Å². The number of nitrogens with one attached hydrogen (secondary N) is 1. The molecule has 1 saturated heterocycles. The Balaban J connectivity index is 1.55. The van der Waals surface area contributed by atoms with Crippen LogP contribution in [0, 0.1) is 0 Å². The molecule has 23 heavy (non-hydrogen) atoms. The molecular formula is C14H17F3N6. The van der Waals surface area contributed by atoms with E-state index in [1.165, 1.54) is 18.9 Å². The normalized spacial score (nSPS) is 26.1. The second-order valence-corrected chi connectivity index (χ2v) is 6.36. The Morgan fingerprint density at radius 3 is 2.70 bits per heavy atom. The largest absolute Gasteiger partial charge is 0.453 e. The minimum Gasteiger partial charge on any atom is -0.365 e. The van der Waals surface area contributed by atoms with E-state index in [1.807, 2.05) is 0 Å². The zero-order chi connectivity index (χ0) is 16.2. The van der Waals surface area contributed by atoms with Gasteiger partial charge in [0.25, 0.3) is 5.82 Å². The third kappa shape index (κ3) is 2.73. The summed E-state index contributed by atoms with van der Waals surface area (Å²) in [5.41, 5.74) is 0.0854. The van der Waals surface area contributed by atoms with Crippen molar-refractivity contribution in [3.8, 4) is 0 Å². The molecule has 9 heteroatoms. The Morgan fingerprint density at radius 2 is 2.00 bits per heavy atom. The molecule has 124 valence electrons. The van der Waals surface area contributed by atoms with Gasteiger partial charge < -0.3 is 5.32 Å². The smallest absolute Gasteiger partial charge is 0.365 e. The fraction of sp³-hybridized carbons (Fsp3) is 0.643. The standard InChI is InChI=1S/C14H17F3N6/c1-8-6-9(7-22(8)10-2-3-10)18-11-4-5-12-19-20-13(14(15,16)17)23(12)21-11/h4-5,8-10H,2-3,6-7H2,1H3,(H,18,21). The Labute approximate surface area is 130 Å². The van der Waals surface area contributed by atoms with E-state index in [0.29, 0.717) is 17.9 Å². The first-order chi connectivity index (χ1) is 10.9. The van der Waals surface area contributed by atoms with E-state index in [1.54, 1.807) is 6.07 Å². The second kappa shape index (κ2) is 5.05. The van der Waals surface area contributed by atoms with E-state index in [4.69, 9.17) is 0 Å². The topological polar surface area (TPSA) is 58.4 Å². The van der Waals surface area contributed by atoms with Crippen LogP contribution in [0.3, 0.4) is 0 Å². The Morgan fingerprint density at radius 1 is 1.22 bits per heavy atom. The van der Waals surface area contributed by atoms with E-state index in [-0.39, 0.29) is 11.7 Å². The molecule has 2 atom stereocenters. The predicted molar refractivity (Wildman–Crippen MR) is 77.0 cm³/mol. The first-order valence-corrected chi connectivity index (χ1v) is 7.74. The summed E-state index contributed by atoms with van der Waals surface area (Å²) in [5, 5.41) is 14.0. The SMILES string of the molecule is CC1CC(Nc2ccc3nnc(C(F)(F)F)n3n2)CN1C1CC1. The van der Waals surface area contributed by atoms with Crippen molar-refractivity contribution in [1.82, 2.24) is 24.7 Å². The van der Waals surface area contributed by atoms with Crippen LogP contribution in [0.15, 0.2) is 12.1 Å². The van der Waals surface area contributed by atoms with Crippen LogP contribution in [0.2, 0.25) is 0 Å². The van der Waals surface area contributed by atoms with Gasteiger partial charge >= 0.3 is 6.18 Å². The van der Waals surface area contributed by atoms with Crippen molar-refractivity contribution >= 4 is 11.5 Å². The minimum absolute atomic E-state index is 0.0854. The van der Waals surface area contributed by atoms with Gasteiger partial charge in [0.15, 0.2) is 5.65 Å². The molecule has 2 unspecified atom stereocenters. The van der Waals surface area contributed by atoms with Crippen molar-refractivity contribution in [3.63, 3.8) is 0 Å². The molecule has 1 aliphatic heterocycles. The molecule has 2 aromatic rings. The number of anilines is 1. The Bertz CT molecular complexity index is 723. The van der Waals surface area contributed by atoms with Crippen molar-refractivity contribution in [2.45, 2.75) is 50.5 Å². The summed E-state index contributed by atoms with van der Waals surface area (Å²) in [6.07, 6.45) is -1.12. The Hall–Kier alpha value is -1.90. The third-order valence-corrected chi connectivity index (χ3v) is 4.51. The zero-order valence-corrected chi connectivity index (χ0v) is 12.6. The van der Waals surface area contributed by atoms with Crippen LogP contribution in [-0.2, 0) is 6.18 Å². The number of nitrogens with zero attached hydrogens (tertiary/aromatic N) is 5. The molecule has 4 rings (SSSR count). The monoisotopic (exact) mass is 326 g/mol. The van der Waals surface area contributed by atoms with Gasteiger partial charge in [0, 0.05) is 24.7 Å². The number of fused-ring (bicyclic) bond motifs is 1. The number of rotatable bonds is 3. The molecule has 0 aromatic carbocycles. The van der Waals surface area contributed by atoms with Crippen molar-refractivity contribution < 1.29 is 13.2 Å². The molecule has 2 aromatic heterocycles. The van der Waals surface area contributed by atoms with Crippen LogP contribution in [-0.4, -0.2) is 49.4 Å². The predicted octanol–water partition coefficient (Wildman–Crippen LogP) is 2.18. The number of alkyl halides is 3. The van der Waals surface area contributed by atoms with Gasteiger partial charge in [0.05, 0.1) is 0 Å². The molecular weight excluding hydrogens is 309 g/mol. The Kier molecular flexibility index (Phi) is 3.22. The molecule has 0 spiro atoms. The molecule has 1 N–H and O–H groups in total. The summed E-state index contributed by atoms with van der Waals surface area (Å²) in [6, 6.07) is 4.51. The van der Waals surface area contributed by atoms with Gasteiger partial charge in [-0.15, -0.1) is 15.3 Å². The lowest BCUT2D eigenvalue weighted by Gasteiger charge is -2.19. The van der Waals surface area contributed by atoms with Crippen LogP contribution in [0.5, 0.6) is 0 Å². The summed E-state index contributed by atoms with van der Waals surface area (Å²) in [5.74, 6) is -0.687. The summed E-state index contributed by atoms with van der Waals surface area (Å²) in [4.78, 5) is 2.47. The van der Waals surface area contributed by atoms with Crippen LogP contribution in [0.25, 0.3) is 5.65 Å². The van der Waals surface area contributed by atoms with Gasteiger partial charge in [-0.25, -0.2) is 0 Å². The second-order valence-electron chi connectivity index (χ2n) is 6.36. The molecule has 2 fully saturated rings. The maximum Gasteiger partial charge on any atom is 0.453 e. The van der Waals surface area contributed by atoms with Crippen molar-refractivity contribution in [2.75, 3.05) is 11.9 Å². The van der Waals surface area contributed by atoms with Crippen LogP contribution in [0.4, 0.5) is 19.0 Å². The molecule has 3 heterocycles. The number of aromatic nitrogens is 4. The van der Waals surface area contributed by atoms with E-state index in [2.05, 4.69) is 32.4 Å². The highest BCUT2D eigenvalue weighted by Crippen LogP contribution is 2.34. The average molecular weight is 326 g/mol. The van der Waals surface area contributed by atoms with Gasteiger partial charge in [-0.05, 0) is 38.3 Å². The molecule has 0 amide bonds. The van der Waals surface area contributed by atoms with Gasteiger partial charge in [-0.3, -0.25) is 4.90 Å². The number of hydrogen-bond acceptors (Lipinski definition) is 5. The van der Waals surface area contributed by atoms with Crippen molar-refractivity contribution in [3.05, 3.63) is 18.0 Å². The molecule has 0 bridgehead atoms. The quantitative estimate of drug-likeness (QED) is 0.937. The highest BCUT2D eigenvalue weighted by Gasteiger charge is 2.39. The van der Waals surface area contributed by atoms with Gasteiger partial charge in [0.1, 0.15) is 5.82 Å². The molecule has 2 aliphatic rings. The lowest BCUT2D eigenvalue weighted by atomic mass is 10.2. The molecule has 1 saturated carbocycles. The summed E-state index contributed by atoms with van der Waals surface area (Å²) >= 11 is 0. The molecule has 1 aliphatic carbocycles. The van der Waals surface area contributed by atoms with Crippen LogP contribution in [0.1, 0.15) is 32.0 Å². The maximum absolute atomic E-state index is 12.9. The lowest BCUT2D eigenvalue weighted by molar-refractivity contribution is -0.146. The van der Waals surface area contributed by atoms with E-state index in [0.717, 1.165) is 17.5 Å². The van der Waals surface area contributed by atoms with Crippen molar-refractivity contribution in [1.29, 1.82) is 0 Å². The van der Waals surface area contributed by atoms with E-state index >= 15 is 0 Å². The highest BCUT2D eigenvalue weighted by molar-refractivity contribution is 5.45. The minimum atomic E-state index is -4.57. The number of hydrogen-bond donors (Lipinski definition) is 1. The first kappa shape index (κ1) is 14.7. The fourth-order valence-electron chi connectivity index (χ4n) is 3.33. The molecule has 0 radical (unpaired) electrons. The average Bonchev–Trinajstić information content (AvgIpc) is 3.11. The highest BCUT2D eigenvalue weighted by atomic mass is 19.4. The van der Waals surface area contributed by atoms with E-state index < -0.39 is 12.0 Å². The van der Waals surface area contributed by atoms with E-state index in [9.17, 15) is 13.2 Å². The van der Waals surface area contributed by atoms with Gasteiger partial charge in [0.2, 0.25) is 0 Å². The summed E-state index contributed by atoms with van der Waals surface area (Å²) in [7, 11) is 0. The fourth-order valence-corrected chi connectivity index (χ4v) is 3.33. The zero-order valence-electron chi connectivity index (χ0n) is 12.6. The number of likely N-dealkylation sites (tertiary alicyclic amines) is 1. The van der Waals surface area contributed by atoms with Gasteiger partial charge in [-0.2, -0.15) is 17.7 Å². The lowest BCUT2D eigenvalue weighted by Crippen LogP contribution is -2.31.